The third kappa shape index (κ3) is 9.51. The van der Waals surface area contributed by atoms with Crippen LogP contribution in [0.5, 0.6) is 0 Å². The van der Waals surface area contributed by atoms with Gasteiger partial charge in [0.15, 0.2) is 0 Å². The maximum atomic E-state index is 12.4. The van der Waals surface area contributed by atoms with Crippen LogP contribution in [0, 0.1) is 11.8 Å². The number of hydrogen-bond donors (Lipinski definition) is 0. The summed E-state index contributed by atoms with van der Waals surface area (Å²) >= 11 is 0. The van der Waals surface area contributed by atoms with Gasteiger partial charge in [-0.3, -0.25) is 0 Å². The highest BCUT2D eigenvalue weighted by Crippen LogP contribution is 2.43. The Bertz CT molecular complexity index is 663. The fourth-order valence-corrected chi connectivity index (χ4v) is 6.13. The van der Waals surface area contributed by atoms with Gasteiger partial charge in [-0.15, -0.1) is 0 Å². The molecule has 186 valence electrons. The largest absolute Gasteiger partial charge is 0.378 e. The monoisotopic (exact) mass is 460 g/mol. The van der Waals surface area contributed by atoms with Gasteiger partial charge in [-0.1, -0.05) is 76.1 Å². The third-order valence-corrected chi connectivity index (χ3v) is 8.19. The number of rotatable bonds is 13. The summed E-state index contributed by atoms with van der Waals surface area (Å²) in [7, 11) is 0. The number of ether oxygens (including phenoxy) is 1. The molecule has 0 aliphatic heterocycles. The van der Waals surface area contributed by atoms with E-state index in [-0.39, 0.29) is 0 Å². The molecule has 0 spiro atoms. The molecule has 0 heterocycles. The lowest BCUT2D eigenvalue weighted by Crippen LogP contribution is -2.28. The standard InChI is InChI=1S/C30H46F2O/c1-2-3-4-5-6-7-8-9-22-33-29-20-18-28(19-21-29)27-16-14-26(15-17-27)25-12-10-24(11-13-25)23-30(31)32/h10-13,23,26-29H,2-9,14-22H2,1H3/t26-,27-,28-,29-. The summed E-state index contributed by atoms with van der Waals surface area (Å²) < 4.78 is 31.1. The summed E-state index contributed by atoms with van der Waals surface area (Å²) in [5.74, 6) is 2.35. The Kier molecular flexibility index (Phi) is 11.9. The summed E-state index contributed by atoms with van der Waals surface area (Å²) in [6, 6.07) is 7.76. The molecule has 0 saturated heterocycles. The molecule has 0 atom stereocenters. The molecule has 2 saturated carbocycles. The fourth-order valence-electron chi connectivity index (χ4n) is 6.13. The van der Waals surface area contributed by atoms with Crippen LogP contribution >= 0.6 is 0 Å². The molecule has 0 amide bonds. The first kappa shape index (κ1) is 26.4. The van der Waals surface area contributed by atoms with E-state index in [2.05, 4.69) is 19.1 Å². The lowest BCUT2D eigenvalue weighted by molar-refractivity contribution is 0.00624. The SMILES string of the molecule is CCCCCCCCCCO[C@H]1CC[C@H]([C@H]2CC[C@H](c3ccc(C=C(F)F)cc3)CC2)CC1. The zero-order chi connectivity index (χ0) is 23.3. The normalized spacial score (nSPS) is 25.7. The summed E-state index contributed by atoms with van der Waals surface area (Å²) in [6.07, 6.45) is 21.0. The van der Waals surface area contributed by atoms with Crippen LogP contribution < -0.4 is 0 Å². The highest BCUT2D eigenvalue weighted by atomic mass is 19.3. The number of unbranched alkanes of at least 4 members (excludes halogenated alkanes) is 7. The second-order valence-electron chi connectivity index (χ2n) is 10.6. The zero-order valence-electron chi connectivity index (χ0n) is 20.9. The van der Waals surface area contributed by atoms with Gasteiger partial charge in [-0.25, -0.2) is 0 Å². The molecule has 1 nitrogen and oxygen atoms in total. The summed E-state index contributed by atoms with van der Waals surface area (Å²) in [6.45, 7) is 3.24. The first-order chi connectivity index (χ1) is 16.2. The van der Waals surface area contributed by atoms with Gasteiger partial charge in [0.05, 0.1) is 6.10 Å². The first-order valence-electron chi connectivity index (χ1n) is 13.9. The summed E-state index contributed by atoms with van der Waals surface area (Å²) in [5.41, 5.74) is 1.91. The van der Waals surface area contributed by atoms with E-state index < -0.39 is 6.08 Å². The maximum absolute atomic E-state index is 12.4. The molecule has 0 unspecified atom stereocenters. The van der Waals surface area contributed by atoms with E-state index >= 15 is 0 Å². The van der Waals surface area contributed by atoms with Crippen LogP contribution in [0.25, 0.3) is 6.08 Å². The van der Waals surface area contributed by atoms with Crippen LogP contribution in [0.15, 0.2) is 30.3 Å². The highest BCUT2D eigenvalue weighted by molar-refractivity contribution is 5.50. The van der Waals surface area contributed by atoms with E-state index in [9.17, 15) is 8.78 Å². The number of benzene rings is 1. The van der Waals surface area contributed by atoms with Gasteiger partial charge in [0.2, 0.25) is 0 Å². The Balaban J connectivity index is 1.26. The molecule has 0 radical (unpaired) electrons. The fraction of sp³-hybridized carbons (Fsp3) is 0.733. The van der Waals surface area contributed by atoms with Crippen molar-refractivity contribution in [1.29, 1.82) is 0 Å². The van der Waals surface area contributed by atoms with Crippen molar-refractivity contribution in [3.8, 4) is 0 Å². The van der Waals surface area contributed by atoms with Crippen molar-refractivity contribution in [2.75, 3.05) is 6.61 Å². The first-order valence-corrected chi connectivity index (χ1v) is 13.9. The molecular formula is C30H46F2O. The average Bonchev–Trinajstić information content (AvgIpc) is 2.84. The van der Waals surface area contributed by atoms with Gasteiger partial charge >= 0.3 is 0 Å². The Labute approximate surface area is 201 Å². The topological polar surface area (TPSA) is 9.23 Å². The summed E-state index contributed by atoms with van der Waals surface area (Å²) in [4.78, 5) is 0. The van der Waals surface area contributed by atoms with E-state index in [1.54, 1.807) is 0 Å². The van der Waals surface area contributed by atoms with Crippen LogP contribution in [0.2, 0.25) is 0 Å². The second kappa shape index (κ2) is 14.9. The van der Waals surface area contributed by atoms with Crippen LogP contribution in [0.1, 0.15) is 127 Å². The third-order valence-electron chi connectivity index (χ3n) is 8.19. The molecular weight excluding hydrogens is 414 g/mol. The molecule has 3 heteroatoms. The van der Waals surface area contributed by atoms with E-state index in [0.29, 0.717) is 17.6 Å². The van der Waals surface area contributed by atoms with Gasteiger partial charge in [-0.05, 0) is 86.7 Å². The van der Waals surface area contributed by atoms with Crippen molar-refractivity contribution in [2.45, 2.75) is 122 Å². The molecule has 1 aromatic rings. The van der Waals surface area contributed by atoms with E-state index in [0.717, 1.165) is 24.5 Å². The number of hydrogen-bond acceptors (Lipinski definition) is 1. The average molecular weight is 461 g/mol. The Morgan fingerprint density at radius 2 is 1.30 bits per heavy atom. The molecule has 2 fully saturated rings. The Hall–Kier alpha value is -1.22. The predicted molar refractivity (Wildman–Crippen MR) is 136 cm³/mol. The minimum Gasteiger partial charge on any atom is -0.378 e. The van der Waals surface area contributed by atoms with Crippen LogP contribution in [-0.2, 0) is 4.74 Å². The molecule has 2 aliphatic carbocycles. The van der Waals surface area contributed by atoms with E-state index in [4.69, 9.17) is 4.74 Å². The quantitative estimate of drug-likeness (QED) is 0.266. The van der Waals surface area contributed by atoms with Crippen molar-refractivity contribution in [2.24, 2.45) is 11.8 Å². The Morgan fingerprint density at radius 1 is 0.758 bits per heavy atom. The predicted octanol–water partition coefficient (Wildman–Crippen LogP) is 9.91. The van der Waals surface area contributed by atoms with Gasteiger partial charge in [0, 0.05) is 12.7 Å². The van der Waals surface area contributed by atoms with Gasteiger partial charge in [0.25, 0.3) is 6.08 Å². The van der Waals surface area contributed by atoms with E-state index in [1.165, 1.54) is 108 Å². The molecule has 3 rings (SSSR count). The van der Waals surface area contributed by atoms with Gasteiger partial charge in [-0.2, -0.15) is 8.78 Å². The zero-order valence-corrected chi connectivity index (χ0v) is 20.9. The molecule has 0 aromatic heterocycles. The van der Waals surface area contributed by atoms with Crippen molar-refractivity contribution < 1.29 is 13.5 Å². The number of halogens is 2. The summed E-state index contributed by atoms with van der Waals surface area (Å²) in [5, 5.41) is 0. The molecule has 1 aromatic carbocycles. The Morgan fingerprint density at radius 3 is 1.88 bits per heavy atom. The molecule has 33 heavy (non-hydrogen) atoms. The van der Waals surface area contributed by atoms with Crippen LogP contribution in [0.4, 0.5) is 8.78 Å². The van der Waals surface area contributed by atoms with Crippen LogP contribution in [0.3, 0.4) is 0 Å². The maximum Gasteiger partial charge on any atom is 0.270 e. The van der Waals surface area contributed by atoms with Gasteiger partial charge in [0.1, 0.15) is 0 Å². The minimum absolute atomic E-state index is 0.504. The smallest absolute Gasteiger partial charge is 0.270 e. The lowest BCUT2D eigenvalue weighted by Gasteiger charge is -2.38. The van der Waals surface area contributed by atoms with E-state index in [1.807, 2.05) is 12.1 Å². The minimum atomic E-state index is -1.63. The van der Waals surface area contributed by atoms with Crippen molar-refractivity contribution in [3.63, 3.8) is 0 Å². The van der Waals surface area contributed by atoms with Crippen LogP contribution in [-0.4, -0.2) is 12.7 Å². The second-order valence-corrected chi connectivity index (χ2v) is 10.6. The van der Waals surface area contributed by atoms with Crippen molar-refractivity contribution in [3.05, 3.63) is 41.5 Å². The molecule has 0 bridgehead atoms. The van der Waals surface area contributed by atoms with Crippen molar-refractivity contribution in [1.82, 2.24) is 0 Å². The molecule has 2 aliphatic rings. The highest BCUT2D eigenvalue weighted by Gasteiger charge is 2.31. The lowest BCUT2D eigenvalue weighted by atomic mass is 9.69. The van der Waals surface area contributed by atoms with Gasteiger partial charge < -0.3 is 4.74 Å². The molecule has 0 N–H and O–H groups in total. The van der Waals surface area contributed by atoms with Crippen molar-refractivity contribution >= 4 is 6.08 Å².